The van der Waals surface area contributed by atoms with Crippen LogP contribution < -0.4 is 14.8 Å². The molecule has 158 valence electrons. The molecule has 1 atom stereocenters. The lowest BCUT2D eigenvalue weighted by molar-refractivity contribution is -0.122. The number of ether oxygens (including phenoxy) is 2. The summed E-state index contributed by atoms with van der Waals surface area (Å²) < 4.78 is 11.2. The van der Waals surface area contributed by atoms with Gasteiger partial charge in [0.1, 0.15) is 17.0 Å². The molecule has 5 heteroatoms. The number of amides is 1. The Balaban J connectivity index is 1.29. The van der Waals surface area contributed by atoms with Crippen molar-refractivity contribution in [2.24, 2.45) is 0 Å². The zero-order valence-corrected chi connectivity index (χ0v) is 17.8. The van der Waals surface area contributed by atoms with E-state index < -0.39 is 0 Å². The van der Waals surface area contributed by atoms with E-state index in [1.54, 1.807) is 13.3 Å². The van der Waals surface area contributed by atoms with Crippen LogP contribution in [0.1, 0.15) is 24.8 Å². The number of benzene rings is 3. The average molecular weight is 415 g/mol. The molecule has 0 aliphatic carbocycles. The summed E-state index contributed by atoms with van der Waals surface area (Å²) in [5, 5.41) is 6.25. The molecule has 0 saturated carbocycles. The first-order chi connectivity index (χ1) is 15.2. The number of aromatic nitrogens is 1. The summed E-state index contributed by atoms with van der Waals surface area (Å²) >= 11 is 0. The summed E-state index contributed by atoms with van der Waals surface area (Å²) in [6.07, 6.45) is 2.49. The molecule has 0 bridgehead atoms. The molecule has 0 fully saturated rings. The van der Waals surface area contributed by atoms with Crippen molar-refractivity contribution < 1.29 is 14.3 Å². The maximum atomic E-state index is 12.6. The molecule has 0 aliphatic rings. The van der Waals surface area contributed by atoms with E-state index in [2.05, 4.69) is 16.4 Å². The van der Waals surface area contributed by atoms with Crippen LogP contribution in [0.15, 0.2) is 72.9 Å². The summed E-state index contributed by atoms with van der Waals surface area (Å²) in [5.74, 6) is 1.38. The van der Waals surface area contributed by atoms with Crippen molar-refractivity contribution in [1.82, 2.24) is 10.3 Å². The second-order valence-corrected chi connectivity index (χ2v) is 7.52. The van der Waals surface area contributed by atoms with Crippen LogP contribution in [0.5, 0.6) is 11.5 Å². The number of carbonyl (C=O) groups excluding carboxylic acids is 1. The Morgan fingerprint density at radius 2 is 1.81 bits per heavy atom. The Bertz CT molecular complexity index is 1200. The van der Waals surface area contributed by atoms with Gasteiger partial charge >= 0.3 is 0 Å². The highest BCUT2D eigenvalue weighted by Gasteiger charge is 2.15. The quantitative estimate of drug-likeness (QED) is 0.408. The number of nitrogens with one attached hydrogen (secondary N) is 1. The first-order valence-electron chi connectivity index (χ1n) is 10.5. The van der Waals surface area contributed by atoms with Crippen molar-refractivity contribution in [2.75, 3.05) is 20.3 Å². The molecule has 0 saturated heterocycles. The van der Waals surface area contributed by atoms with E-state index in [0.29, 0.717) is 13.2 Å². The summed E-state index contributed by atoms with van der Waals surface area (Å²) in [6, 6.07) is 21.9. The van der Waals surface area contributed by atoms with Crippen LogP contribution in [0, 0.1) is 0 Å². The molecule has 4 rings (SSSR count). The number of hydrogen-bond acceptors (Lipinski definition) is 4. The number of pyridine rings is 1. The number of methoxy groups -OCH3 is 1. The van der Waals surface area contributed by atoms with Crippen molar-refractivity contribution in [1.29, 1.82) is 0 Å². The molecule has 1 amide bonds. The standard InChI is InChI=1S/C26H26N2O3/c1-18(20-9-10-22-17-23(30-2)12-11-21(22)16-20)26(29)28-14-5-15-31-24-8-3-6-19-7-4-13-27-25(19)24/h3-4,6-13,16-18H,5,14-15H2,1-2H3,(H,28,29)/t18-/m0/s1. The summed E-state index contributed by atoms with van der Waals surface area (Å²) in [4.78, 5) is 17.0. The van der Waals surface area contributed by atoms with Crippen LogP contribution in [0.25, 0.3) is 21.7 Å². The van der Waals surface area contributed by atoms with Gasteiger partial charge in [-0.2, -0.15) is 0 Å². The minimum Gasteiger partial charge on any atom is -0.497 e. The minimum absolute atomic E-state index is 0.0136. The largest absolute Gasteiger partial charge is 0.497 e. The highest BCUT2D eigenvalue weighted by molar-refractivity contribution is 5.88. The Hall–Kier alpha value is -3.60. The molecule has 5 nitrogen and oxygen atoms in total. The molecule has 0 aliphatic heterocycles. The monoisotopic (exact) mass is 414 g/mol. The summed E-state index contributed by atoms with van der Waals surface area (Å²) in [6.45, 7) is 3.01. The summed E-state index contributed by atoms with van der Waals surface area (Å²) in [7, 11) is 1.66. The van der Waals surface area contributed by atoms with E-state index in [9.17, 15) is 4.79 Å². The maximum Gasteiger partial charge on any atom is 0.227 e. The third-order valence-electron chi connectivity index (χ3n) is 5.44. The van der Waals surface area contributed by atoms with Gasteiger partial charge in [0.2, 0.25) is 5.91 Å². The number of rotatable bonds is 8. The van der Waals surface area contributed by atoms with Crippen molar-refractivity contribution in [3.8, 4) is 11.5 Å². The first-order valence-corrected chi connectivity index (χ1v) is 10.5. The molecule has 1 aromatic heterocycles. The van der Waals surface area contributed by atoms with E-state index in [4.69, 9.17) is 9.47 Å². The molecular formula is C26H26N2O3. The zero-order chi connectivity index (χ0) is 21.6. The van der Waals surface area contributed by atoms with Crippen LogP contribution in [0.3, 0.4) is 0 Å². The number of nitrogens with zero attached hydrogens (tertiary/aromatic N) is 1. The Kier molecular flexibility index (Phi) is 6.32. The third-order valence-corrected chi connectivity index (χ3v) is 5.44. The molecule has 0 radical (unpaired) electrons. The molecule has 0 unspecified atom stereocenters. The van der Waals surface area contributed by atoms with Gasteiger partial charge in [0, 0.05) is 18.1 Å². The van der Waals surface area contributed by atoms with E-state index >= 15 is 0 Å². The van der Waals surface area contributed by atoms with Gasteiger partial charge in [0.15, 0.2) is 0 Å². The van der Waals surface area contributed by atoms with Gasteiger partial charge < -0.3 is 14.8 Å². The van der Waals surface area contributed by atoms with Crippen molar-refractivity contribution in [2.45, 2.75) is 19.3 Å². The van der Waals surface area contributed by atoms with Gasteiger partial charge in [0.05, 0.1) is 19.6 Å². The molecule has 3 aromatic carbocycles. The van der Waals surface area contributed by atoms with Crippen LogP contribution in [-0.4, -0.2) is 31.2 Å². The number of fused-ring (bicyclic) bond motifs is 2. The van der Waals surface area contributed by atoms with E-state index in [-0.39, 0.29) is 11.8 Å². The average Bonchev–Trinajstić information content (AvgIpc) is 2.82. The maximum absolute atomic E-state index is 12.6. The SMILES string of the molecule is COc1ccc2cc([C@H](C)C(=O)NCCCOc3cccc4cccnc34)ccc2c1. The predicted octanol–water partition coefficient (Wildman–Crippen LogP) is 5.09. The third kappa shape index (κ3) is 4.77. The van der Waals surface area contributed by atoms with Crippen LogP contribution in [0.2, 0.25) is 0 Å². The Morgan fingerprint density at radius 1 is 1.00 bits per heavy atom. The lowest BCUT2D eigenvalue weighted by atomic mass is 9.97. The Labute approximate surface area is 182 Å². The first kappa shape index (κ1) is 20.7. The zero-order valence-electron chi connectivity index (χ0n) is 17.8. The topological polar surface area (TPSA) is 60.5 Å². The van der Waals surface area contributed by atoms with E-state index in [1.807, 2.05) is 67.6 Å². The molecule has 1 N–H and O–H groups in total. The van der Waals surface area contributed by atoms with Gasteiger partial charge in [-0.1, -0.05) is 42.5 Å². The van der Waals surface area contributed by atoms with Gasteiger partial charge in [-0.3, -0.25) is 9.78 Å². The number of para-hydroxylation sites is 1. The fraction of sp³-hybridized carbons (Fsp3) is 0.231. The van der Waals surface area contributed by atoms with E-state index in [1.165, 1.54) is 0 Å². The lowest BCUT2D eigenvalue weighted by Gasteiger charge is -2.14. The van der Waals surface area contributed by atoms with Gasteiger partial charge in [-0.15, -0.1) is 0 Å². The van der Waals surface area contributed by atoms with Gasteiger partial charge in [0.25, 0.3) is 0 Å². The normalized spacial score (nSPS) is 11.9. The summed E-state index contributed by atoms with van der Waals surface area (Å²) in [5.41, 5.74) is 1.85. The number of carbonyl (C=O) groups is 1. The van der Waals surface area contributed by atoms with Crippen LogP contribution >= 0.6 is 0 Å². The fourth-order valence-electron chi connectivity index (χ4n) is 3.60. The van der Waals surface area contributed by atoms with Crippen molar-refractivity contribution in [3.63, 3.8) is 0 Å². The lowest BCUT2D eigenvalue weighted by Crippen LogP contribution is -2.29. The number of hydrogen-bond donors (Lipinski definition) is 1. The highest BCUT2D eigenvalue weighted by atomic mass is 16.5. The highest BCUT2D eigenvalue weighted by Crippen LogP contribution is 2.25. The van der Waals surface area contributed by atoms with Crippen LogP contribution in [0.4, 0.5) is 0 Å². The predicted molar refractivity (Wildman–Crippen MR) is 124 cm³/mol. The molecule has 31 heavy (non-hydrogen) atoms. The molecule has 0 spiro atoms. The van der Waals surface area contributed by atoms with Gasteiger partial charge in [-0.25, -0.2) is 0 Å². The molecule has 1 heterocycles. The minimum atomic E-state index is -0.227. The van der Waals surface area contributed by atoms with Crippen LogP contribution in [-0.2, 0) is 4.79 Å². The van der Waals surface area contributed by atoms with Gasteiger partial charge in [-0.05, 0) is 53.9 Å². The Morgan fingerprint density at radius 3 is 2.68 bits per heavy atom. The van der Waals surface area contributed by atoms with E-state index in [0.717, 1.165) is 45.2 Å². The molecule has 4 aromatic rings. The van der Waals surface area contributed by atoms with Crippen molar-refractivity contribution in [3.05, 3.63) is 78.5 Å². The smallest absolute Gasteiger partial charge is 0.227 e. The van der Waals surface area contributed by atoms with Crippen molar-refractivity contribution >= 4 is 27.6 Å². The fourth-order valence-corrected chi connectivity index (χ4v) is 3.60. The molecular weight excluding hydrogens is 388 g/mol. The second kappa shape index (κ2) is 9.47. The second-order valence-electron chi connectivity index (χ2n) is 7.52.